The van der Waals surface area contributed by atoms with Gasteiger partial charge in [0.1, 0.15) is 6.04 Å². The zero-order chi connectivity index (χ0) is 20.3. The summed E-state index contributed by atoms with van der Waals surface area (Å²) in [4.78, 5) is 13.0. The van der Waals surface area contributed by atoms with E-state index in [0.717, 1.165) is 5.56 Å². The van der Waals surface area contributed by atoms with E-state index in [1.807, 2.05) is 6.92 Å². The predicted octanol–water partition coefficient (Wildman–Crippen LogP) is 2.80. The van der Waals surface area contributed by atoms with E-state index < -0.39 is 16.1 Å². The third-order valence-electron chi connectivity index (χ3n) is 4.78. The van der Waals surface area contributed by atoms with Crippen molar-refractivity contribution in [1.82, 2.24) is 4.31 Å². The SMILES string of the molecule is COc1ccc(NC(=O)C2CCCN2S(=O)(=O)c2ccc(C)cc2)cc1OC. The van der Waals surface area contributed by atoms with E-state index in [1.54, 1.807) is 42.5 Å². The first-order valence-electron chi connectivity index (χ1n) is 8.98. The Hall–Kier alpha value is -2.58. The summed E-state index contributed by atoms with van der Waals surface area (Å²) in [6.07, 6.45) is 1.11. The van der Waals surface area contributed by atoms with Crippen molar-refractivity contribution in [2.24, 2.45) is 0 Å². The fraction of sp³-hybridized carbons (Fsp3) is 0.350. The van der Waals surface area contributed by atoms with E-state index in [-0.39, 0.29) is 10.8 Å². The molecule has 0 bridgehead atoms. The van der Waals surface area contributed by atoms with Gasteiger partial charge in [0.2, 0.25) is 15.9 Å². The highest BCUT2D eigenvalue weighted by Crippen LogP contribution is 2.31. The smallest absolute Gasteiger partial charge is 0.243 e. The molecule has 7 nitrogen and oxygen atoms in total. The standard InChI is InChI=1S/C20H24N2O5S/c1-14-6-9-16(10-7-14)28(24,25)22-12-4-5-17(22)20(23)21-15-8-11-18(26-2)19(13-15)27-3/h6-11,13,17H,4-5,12H2,1-3H3,(H,21,23). The van der Waals surface area contributed by atoms with E-state index in [1.165, 1.54) is 18.5 Å². The molecule has 2 aromatic carbocycles. The second-order valence-corrected chi connectivity index (χ2v) is 8.54. The lowest BCUT2D eigenvalue weighted by Crippen LogP contribution is -2.43. The van der Waals surface area contributed by atoms with Gasteiger partial charge >= 0.3 is 0 Å². The molecule has 0 aromatic heterocycles. The van der Waals surface area contributed by atoms with Crippen LogP contribution in [0, 0.1) is 6.92 Å². The van der Waals surface area contributed by atoms with Gasteiger partial charge in [-0.1, -0.05) is 17.7 Å². The number of amides is 1. The number of ether oxygens (including phenoxy) is 2. The van der Waals surface area contributed by atoms with E-state index in [0.29, 0.717) is 36.6 Å². The van der Waals surface area contributed by atoms with Gasteiger partial charge in [0.15, 0.2) is 11.5 Å². The van der Waals surface area contributed by atoms with Gasteiger partial charge in [-0.2, -0.15) is 4.31 Å². The van der Waals surface area contributed by atoms with Gasteiger partial charge in [-0.15, -0.1) is 0 Å². The zero-order valence-electron chi connectivity index (χ0n) is 16.1. The Morgan fingerprint density at radius 1 is 1.07 bits per heavy atom. The first-order valence-corrected chi connectivity index (χ1v) is 10.4. The van der Waals surface area contributed by atoms with Crippen molar-refractivity contribution in [3.63, 3.8) is 0 Å². The number of nitrogens with zero attached hydrogens (tertiary/aromatic N) is 1. The molecular formula is C20H24N2O5S. The van der Waals surface area contributed by atoms with E-state index in [9.17, 15) is 13.2 Å². The fourth-order valence-electron chi connectivity index (χ4n) is 3.28. The number of anilines is 1. The second kappa shape index (κ2) is 8.20. The molecule has 1 N–H and O–H groups in total. The average Bonchev–Trinajstić information content (AvgIpc) is 3.19. The van der Waals surface area contributed by atoms with Gasteiger partial charge < -0.3 is 14.8 Å². The summed E-state index contributed by atoms with van der Waals surface area (Å²) in [5.74, 6) is 0.668. The molecule has 2 aromatic rings. The summed E-state index contributed by atoms with van der Waals surface area (Å²) in [6, 6.07) is 10.9. The molecule has 1 saturated heterocycles. The third kappa shape index (κ3) is 3.98. The molecule has 1 aliphatic rings. The first-order chi connectivity index (χ1) is 13.4. The number of carbonyl (C=O) groups is 1. The van der Waals surface area contributed by atoms with Crippen molar-refractivity contribution in [3.05, 3.63) is 48.0 Å². The number of nitrogens with one attached hydrogen (secondary N) is 1. The molecular weight excluding hydrogens is 380 g/mol. The maximum absolute atomic E-state index is 13.0. The van der Waals surface area contributed by atoms with Crippen LogP contribution in [0.2, 0.25) is 0 Å². The number of rotatable bonds is 6. The summed E-state index contributed by atoms with van der Waals surface area (Å²) in [6.45, 7) is 2.21. The van der Waals surface area contributed by atoms with E-state index >= 15 is 0 Å². The Bertz CT molecular complexity index is 957. The van der Waals surface area contributed by atoms with Crippen LogP contribution in [0.1, 0.15) is 18.4 Å². The molecule has 1 heterocycles. The van der Waals surface area contributed by atoms with Crippen LogP contribution >= 0.6 is 0 Å². The maximum atomic E-state index is 13.0. The summed E-state index contributed by atoms with van der Waals surface area (Å²) in [5, 5.41) is 2.79. The molecule has 0 saturated carbocycles. The number of methoxy groups -OCH3 is 2. The fourth-order valence-corrected chi connectivity index (χ4v) is 4.93. The van der Waals surface area contributed by atoms with Crippen molar-refractivity contribution in [2.75, 3.05) is 26.1 Å². The van der Waals surface area contributed by atoms with Crippen molar-refractivity contribution >= 4 is 21.6 Å². The molecule has 0 spiro atoms. The van der Waals surface area contributed by atoms with Crippen molar-refractivity contribution < 1.29 is 22.7 Å². The summed E-state index contributed by atoms with van der Waals surface area (Å²) >= 11 is 0. The van der Waals surface area contributed by atoms with Crippen LogP contribution in [0.4, 0.5) is 5.69 Å². The molecule has 150 valence electrons. The van der Waals surface area contributed by atoms with Gasteiger partial charge in [0.05, 0.1) is 19.1 Å². The van der Waals surface area contributed by atoms with Gasteiger partial charge in [-0.3, -0.25) is 4.79 Å². The lowest BCUT2D eigenvalue weighted by atomic mass is 10.2. The number of benzene rings is 2. The Morgan fingerprint density at radius 3 is 2.39 bits per heavy atom. The molecule has 3 rings (SSSR count). The predicted molar refractivity (Wildman–Crippen MR) is 106 cm³/mol. The highest BCUT2D eigenvalue weighted by atomic mass is 32.2. The minimum absolute atomic E-state index is 0.198. The van der Waals surface area contributed by atoms with Crippen LogP contribution in [0.15, 0.2) is 47.4 Å². The molecule has 8 heteroatoms. The van der Waals surface area contributed by atoms with Crippen LogP contribution in [0.5, 0.6) is 11.5 Å². The first kappa shape index (κ1) is 20.2. The molecule has 1 fully saturated rings. The van der Waals surface area contributed by atoms with Crippen molar-refractivity contribution in [3.8, 4) is 11.5 Å². The van der Waals surface area contributed by atoms with E-state index in [4.69, 9.17) is 9.47 Å². The largest absolute Gasteiger partial charge is 0.493 e. The van der Waals surface area contributed by atoms with Gasteiger partial charge in [0.25, 0.3) is 0 Å². The number of aryl methyl sites for hydroxylation is 1. The summed E-state index contributed by atoms with van der Waals surface area (Å²) in [5.41, 5.74) is 1.49. The average molecular weight is 404 g/mol. The molecule has 1 unspecified atom stereocenters. The normalized spacial score (nSPS) is 17.3. The number of hydrogen-bond donors (Lipinski definition) is 1. The summed E-state index contributed by atoms with van der Waals surface area (Å²) in [7, 11) is -0.697. The molecule has 1 amide bonds. The van der Waals surface area contributed by atoms with Crippen LogP contribution in [-0.2, 0) is 14.8 Å². The van der Waals surface area contributed by atoms with Gasteiger partial charge in [-0.25, -0.2) is 8.42 Å². The molecule has 1 atom stereocenters. The molecule has 28 heavy (non-hydrogen) atoms. The van der Waals surface area contributed by atoms with Crippen LogP contribution < -0.4 is 14.8 Å². The lowest BCUT2D eigenvalue weighted by Gasteiger charge is -2.23. The van der Waals surface area contributed by atoms with Crippen molar-refractivity contribution in [2.45, 2.75) is 30.7 Å². The minimum Gasteiger partial charge on any atom is -0.493 e. The highest BCUT2D eigenvalue weighted by molar-refractivity contribution is 7.89. The van der Waals surface area contributed by atoms with Gasteiger partial charge in [-0.05, 0) is 44.0 Å². The van der Waals surface area contributed by atoms with Crippen LogP contribution in [0.3, 0.4) is 0 Å². The summed E-state index contributed by atoms with van der Waals surface area (Å²) < 4.78 is 37.7. The Kier molecular flexibility index (Phi) is 5.90. The quantitative estimate of drug-likeness (QED) is 0.800. The molecule has 0 aliphatic carbocycles. The molecule has 0 radical (unpaired) electrons. The Morgan fingerprint density at radius 2 is 1.75 bits per heavy atom. The number of carbonyl (C=O) groups excluding carboxylic acids is 1. The third-order valence-corrected chi connectivity index (χ3v) is 6.71. The van der Waals surface area contributed by atoms with E-state index in [2.05, 4.69) is 5.32 Å². The Balaban J connectivity index is 1.80. The lowest BCUT2D eigenvalue weighted by molar-refractivity contribution is -0.119. The van der Waals surface area contributed by atoms with Crippen LogP contribution in [-0.4, -0.2) is 45.4 Å². The highest BCUT2D eigenvalue weighted by Gasteiger charge is 2.39. The number of sulfonamides is 1. The number of hydrogen-bond acceptors (Lipinski definition) is 5. The van der Waals surface area contributed by atoms with Gasteiger partial charge in [0, 0.05) is 18.3 Å². The Labute approximate surface area is 165 Å². The zero-order valence-corrected chi connectivity index (χ0v) is 17.0. The monoisotopic (exact) mass is 404 g/mol. The van der Waals surface area contributed by atoms with Crippen LogP contribution in [0.25, 0.3) is 0 Å². The van der Waals surface area contributed by atoms with Crippen molar-refractivity contribution in [1.29, 1.82) is 0 Å². The maximum Gasteiger partial charge on any atom is 0.243 e. The topological polar surface area (TPSA) is 84.9 Å². The minimum atomic E-state index is -3.74. The molecule has 1 aliphatic heterocycles. The second-order valence-electron chi connectivity index (χ2n) is 6.65.